The molecular weight excluding hydrogens is 246 g/mol. The van der Waals surface area contributed by atoms with Gasteiger partial charge in [-0.25, -0.2) is 0 Å². The Morgan fingerprint density at radius 2 is 2.33 bits per heavy atom. The number of hydrogen-bond acceptors (Lipinski definition) is 3. The molecule has 1 fully saturated rings. The first-order chi connectivity index (χ1) is 8.58. The Bertz CT molecular complexity index is 389. The first-order valence-electron chi connectivity index (χ1n) is 6.68. The summed E-state index contributed by atoms with van der Waals surface area (Å²) >= 11 is 1.64. The van der Waals surface area contributed by atoms with E-state index in [0.717, 1.165) is 25.7 Å². The van der Waals surface area contributed by atoms with E-state index in [1.807, 2.05) is 11.7 Å². The molecule has 1 saturated carbocycles. The molecule has 4 heteroatoms. The maximum atomic E-state index is 11.4. The van der Waals surface area contributed by atoms with Gasteiger partial charge in [-0.15, -0.1) is 11.3 Å². The van der Waals surface area contributed by atoms with Crippen LogP contribution in [0, 0.1) is 23.7 Å². The van der Waals surface area contributed by atoms with Crippen molar-refractivity contribution in [1.82, 2.24) is 4.98 Å². The van der Waals surface area contributed by atoms with Crippen molar-refractivity contribution in [2.24, 2.45) is 23.7 Å². The highest BCUT2D eigenvalue weighted by Gasteiger charge is 2.35. The molecule has 1 N–H and O–H groups in total. The molecule has 0 spiro atoms. The lowest BCUT2D eigenvalue weighted by atomic mass is 9.69. The van der Waals surface area contributed by atoms with E-state index in [1.165, 1.54) is 4.88 Å². The van der Waals surface area contributed by atoms with Gasteiger partial charge < -0.3 is 5.11 Å². The molecule has 0 amide bonds. The Morgan fingerprint density at radius 3 is 2.89 bits per heavy atom. The molecule has 3 unspecified atom stereocenters. The number of carboxylic acids is 1. The predicted molar refractivity (Wildman–Crippen MR) is 72.6 cm³/mol. The lowest BCUT2D eigenvalue weighted by Crippen LogP contribution is -2.33. The molecule has 1 aliphatic rings. The first kappa shape index (κ1) is 13.5. The van der Waals surface area contributed by atoms with E-state index >= 15 is 0 Å². The van der Waals surface area contributed by atoms with Crippen LogP contribution in [0.1, 0.15) is 38.0 Å². The molecule has 3 atom stereocenters. The van der Waals surface area contributed by atoms with Gasteiger partial charge in [0.2, 0.25) is 0 Å². The zero-order chi connectivity index (χ0) is 13.1. The standard InChI is InChI=1S/C14H21NO2S/c1-9(2)10-3-4-13(14(16)17)11(5-10)6-12-7-15-8-18-12/h7-11,13H,3-6H2,1-2H3,(H,16,17). The SMILES string of the molecule is CC(C)C1CCC(C(=O)O)C(Cc2cncs2)C1. The summed E-state index contributed by atoms with van der Waals surface area (Å²) in [4.78, 5) is 16.7. The Balaban J connectivity index is 2.07. The molecule has 0 aliphatic heterocycles. The Morgan fingerprint density at radius 1 is 1.56 bits per heavy atom. The van der Waals surface area contributed by atoms with Crippen molar-refractivity contribution in [2.75, 3.05) is 0 Å². The minimum atomic E-state index is -0.619. The van der Waals surface area contributed by atoms with E-state index in [4.69, 9.17) is 0 Å². The van der Waals surface area contributed by atoms with Gasteiger partial charge in [0.05, 0.1) is 11.4 Å². The molecule has 18 heavy (non-hydrogen) atoms. The van der Waals surface area contributed by atoms with E-state index in [1.54, 1.807) is 11.3 Å². The summed E-state index contributed by atoms with van der Waals surface area (Å²) < 4.78 is 0. The number of carbonyl (C=O) groups is 1. The number of aromatic nitrogens is 1. The van der Waals surface area contributed by atoms with Gasteiger partial charge in [-0.1, -0.05) is 13.8 Å². The fraction of sp³-hybridized carbons (Fsp3) is 0.714. The van der Waals surface area contributed by atoms with Crippen LogP contribution in [0.15, 0.2) is 11.7 Å². The summed E-state index contributed by atoms with van der Waals surface area (Å²) in [6, 6.07) is 0. The topological polar surface area (TPSA) is 50.2 Å². The lowest BCUT2D eigenvalue weighted by Gasteiger charge is -2.35. The lowest BCUT2D eigenvalue weighted by molar-refractivity contribution is -0.145. The van der Waals surface area contributed by atoms with Crippen molar-refractivity contribution >= 4 is 17.3 Å². The van der Waals surface area contributed by atoms with Crippen LogP contribution in [0.3, 0.4) is 0 Å². The van der Waals surface area contributed by atoms with Crippen LogP contribution in [0.4, 0.5) is 0 Å². The van der Waals surface area contributed by atoms with Crippen LogP contribution in [-0.2, 0) is 11.2 Å². The van der Waals surface area contributed by atoms with Gasteiger partial charge in [-0.3, -0.25) is 9.78 Å². The molecule has 1 aromatic rings. The summed E-state index contributed by atoms with van der Waals surface area (Å²) in [6.45, 7) is 4.49. The number of aliphatic carboxylic acids is 1. The number of carboxylic acid groups (broad SMARTS) is 1. The Labute approximate surface area is 112 Å². The molecule has 0 saturated heterocycles. The van der Waals surface area contributed by atoms with E-state index in [2.05, 4.69) is 18.8 Å². The molecule has 0 bridgehead atoms. The van der Waals surface area contributed by atoms with Crippen LogP contribution in [0.2, 0.25) is 0 Å². The van der Waals surface area contributed by atoms with Crippen LogP contribution in [-0.4, -0.2) is 16.1 Å². The molecule has 0 aromatic carbocycles. The average Bonchev–Trinajstić information content (AvgIpc) is 2.81. The number of hydrogen-bond donors (Lipinski definition) is 1. The zero-order valence-electron chi connectivity index (χ0n) is 11.0. The highest BCUT2D eigenvalue weighted by Crippen LogP contribution is 2.39. The molecule has 1 aliphatic carbocycles. The summed E-state index contributed by atoms with van der Waals surface area (Å²) in [6.07, 6.45) is 5.70. The average molecular weight is 267 g/mol. The minimum Gasteiger partial charge on any atom is -0.481 e. The monoisotopic (exact) mass is 267 g/mol. The van der Waals surface area contributed by atoms with Gasteiger partial charge in [-0.2, -0.15) is 0 Å². The molecular formula is C14H21NO2S. The normalized spacial score (nSPS) is 28.5. The number of nitrogens with zero attached hydrogens (tertiary/aromatic N) is 1. The molecule has 100 valence electrons. The van der Waals surface area contributed by atoms with Crippen LogP contribution in [0.5, 0.6) is 0 Å². The Hall–Kier alpha value is -0.900. The van der Waals surface area contributed by atoms with Crippen LogP contribution < -0.4 is 0 Å². The van der Waals surface area contributed by atoms with Gasteiger partial charge >= 0.3 is 5.97 Å². The van der Waals surface area contributed by atoms with Gasteiger partial charge in [0.15, 0.2) is 0 Å². The summed E-state index contributed by atoms with van der Waals surface area (Å²) in [5, 5.41) is 9.35. The molecule has 1 aromatic heterocycles. The maximum Gasteiger partial charge on any atom is 0.306 e. The van der Waals surface area contributed by atoms with E-state index in [-0.39, 0.29) is 11.8 Å². The minimum absolute atomic E-state index is 0.165. The molecule has 3 nitrogen and oxygen atoms in total. The van der Waals surface area contributed by atoms with Gasteiger partial charge in [-0.05, 0) is 43.4 Å². The highest BCUT2D eigenvalue weighted by molar-refractivity contribution is 7.09. The van der Waals surface area contributed by atoms with Crippen molar-refractivity contribution < 1.29 is 9.90 Å². The fourth-order valence-electron chi connectivity index (χ4n) is 3.06. The van der Waals surface area contributed by atoms with Crippen molar-refractivity contribution in [3.05, 3.63) is 16.6 Å². The molecule has 0 radical (unpaired) electrons. The van der Waals surface area contributed by atoms with E-state index in [0.29, 0.717) is 11.8 Å². The second-order valence-corrected chi connectivity index (χ2v) is 6.66. The third-order valence-electron chi connectivity index (χ3n) is 4.23. The quantitative estimate of drug-likeness (QED) is 0.909. The van der Waals surface area contributed by atoms with Crippen LogP contribution >= 0.6 is 11.3 Å². The second-order valence-electron chi connectivity index (χ2n) is 5.69. The predicted octanol–water partition coefficient (Wildman–Crippen LogP) is 3.46. The Kier molecular flexibility index (Phi) is 4.38. The molecule has 1 heterocycles. The van der Waals surface area contributed by atoms with Gasteiger partial charge in [0.1, 0.15) is 0 Å². The van der Waals surface area contributed by atoms with Crippen molar-refractivity contribution in [3.63, 3.8) is 0 Å². The maximum absolute atomic E-state index is 11.4. The van der Waals surface area contributed by atoms with Crippen molar-refractivity contribution in [2.45, 2.75) is 39.5 Å². The van der Waals surface area contributed by atoms with Gasteiger partial charge in [0, 0.05) is 11.1 Å². The summed E-state index contributed by atoms with van der Waals surface area (Å²) in [5.74, 6) is 0.833. The smallest absolute Gasteiger partial charge is 0.306 e. The number of thiazole rings is 1. The van der Waals surface area contributed by atoms with E-state index in [9.17, 15) is 9.90 Å². The van der Waals surface area contributed by atoms with Crippen LogP contribution in [0.25, 0.3) is 0 Å². The molecule has 2 rings (SSSR count). The highest BCUT2D eigenvalue weighted by atomic mass is 32.1. The first-order valence-corrected chi connectivity index (χ1v) is 7.56. The second kappa shape index (κ2) is 5.83. The summed E-state index contributed by atoms with van der Waals surface area (Å²) in [7, 11) is 0. The largest absolute Gasteiger partial charge is 0.481 e. The van der Waals surface area contributed by atoms with Crippen molar-refractivity contribution in [3.8, 4) is 0 Å². The van der Waals surface area contributed by atoms with Crippen molar-refractivity contribution in [1.29, 1.82) is 0 Å². The third-order valence-corrected chi connectivity index (χ3v) is 5.03. The number of rotatable bonds is 4. The van der Waals surface area contributed by atoms with E-state index < -0.39 is 5.97 Å². The van der Waals surface area contributed by atoms with Gasteiger partial charge in [0.25, 0.3) is 0 Å². The zero-order valence-corrected chi connectivity index (χ0v) is 11.8. The fourth-order valence-corrected chi connectivity index (χ4v) is 3.75. The third kappa shape index (κ3) is 3.10. The summed E-state index contributed by atoms with van der Waals surface area (Å²) in [5.41, 5.74) is 1.83.